The average Bonchev–Trinajstić information content (AvgIpc) is 2.72. The molecular weight excluding hydrogens is 356 g/mol. The van der Waals surface area contributed by atoms with Crippen LogP contribution in [-0.4, -0.2) is 30.4 Å². The number of hydrogen-bond acceptors (Lipinski definition) is 6. The second kappa shape index (κ2) is 6.92. The maximum absolute atomic E-state index is 10.1. The van der Waals surface area contributed by atoms with Gasteiger partial charge in [-0.15, -0.1) is 0 Å². The summed E-state index contributed by atoms with van der Waals surface area (Å²) in [6.07, 6.45) is 3.18. The van der Waals surface area contributed by atoms with Gasteiger partial charge in [-0.1, -0.05) is 0 Å². The maximum Gasteiger partial charge on any atom is 0.123 e. The van der Waals surface area contributed by atoms with Gasteiger partial charge in [0.1, 0.15) is 23.0 Å². The smallest absolute Gasteiger partial charge is 0.123 e. The van der Waals surface area contributed by atoms with Crippen molar-refractivity contribution in [2.45, 2.75) is 0 Å². The predicted octanol–water partition coefficient (Wildman–Crippen LogP) is 4.30. The van der Waals surface area contributed by atoms with E-state index in [1.54, 1.807) is 36.7 Å². The molecule has 138 valence electrons. The highest BCUT2D eigenvalue weighted by molar-refractivity contribution is 5.77. The van der Waals surface area contributed by atoms with Crippen molar-refractivity contribution >= 4 is 0 Å². The highest BCUT2D eigenvalue weighted by atomic mass is 16.3. The SMILES string of the molecule is Oc1ccc(O)c(-c2ccnc(-c3cc(-c4cc(O)ccc4O)ccn3)c2)c1. The zero-order chi connectivity index (χ0) is 19.7. The monoisotopic (exact) mass is 372 g/mol. The van der Waals surface area contributed by atoms with Crippen LogP contribution in [0.15, 0.2) is 73.1 Å². The van der Waals surface area contributed by atoms with Crippen LogP contribution in [0.3, 0.4) is 0 Å². The molecule has 0 saturated heterocycles. The number of aromatic nitrogens is 2. The van der Waals surface area contributed by atoms with E-state index in [1.165, 1.54) is 36.4 Å². The van der Waals surface area contributed by atoms with Crippen LogP contribution < -0.4 is 0 Å². The molecule has 0 bridgehead atoms. The van der Waals surface area contributed by atoms with E-state index < -0.39 is 0 Å². The van der Waals surface area contributed by atoms with Crippen molar-refractivity contribution in [3.8, 4) is 56.6 Å². The Labute approximate surface area is 160 Å². The molecule has 2 aromatic heterocycles. The van der Waals surface area contributed by atoms with E-state index in [0.717, 1.165) is 0 Å². The second-order valence-corrected chi connectivity index (χ2v) is 6.26. The molecule has 0 amide bonds. The zero-order valence-corrected chi connectivity index (χ0v) is 14.6. The van der Waals surface area contributed by atoms with Crippen LogP contribution in [0.4, 0.5) is 0 Å². The lowest BCUT2D eigenvalue weighted by Crippen LogP contribution is -1.90. The number of phenols is 4. The Balaban J connectivity index is 1.78. The minimum atomic E-state index is 0.0429. The van der Waals surface area contributed by atoms with E-state index in [-0.39, 0.29) is 23.0 Å². The summed E-state index contributed by atoms with van der Waals surface area (Å²) >= 11 is 0. The fourth-order valence-electron chi connectivity index (χ4n) is 2.99. The molecule has 28 heavy (non-hydrogen) atoms. The van der Waals surface area contributed by atoms with Gasteiger partial charge in [0.2, 0.25) is 0 Å². The first-order chi connectivity index (χ1) is 13.5. The third kappa shape index (κ3) is 3.31. The predicted molar refractivity (Wildman–Crippen MR) is 105 cm³/mol. The summed E-state index contributed by atoms with van der Waals surface area (Å²) in [6.45, 7) is 0. The minimum absolute atomic E-state index is 0.0429. The summed E-state index contributed by atoms with van der Waals surface area (Å²) < 4.78 is 0. The topological polar surface area (TPSA) is 107 Å². The van der Waals surface area contributed by atoms with E-state index in [1.807, 2.05) is 0 Å². The van der Waals surface area contributed by atoms with E-state index >= 15 is 0 Å². The molecule has 4 aromatic rings. The molecule has 6 heteroatoms. The zero-order valence-electron chi connectivity index (χ0n) is 14.6. The Morgan fingerprint density at radius 3 is 1.36 bits per heavy atom. The average molecular weight is 372 g/mol. The van der Waals surface area contributed by atoms with Gasteiger partial charge in [-0.2, -0.15) is 0 Å². The van der Waals surface area contributed by atoms with Gasteiger partial charge in [0.05, 0.1) is 11.4 Å². The second-order valence-electron chi connectivity index (χ2n) is 6.26. The van der Waals surface area contributed by atoms with E-state index in [9.17, 15) is 20.4 Å². The molecule has 0 spiro atoms. The van der Waals surface area contributed by atoms with Gasteiger partial charge in [-0.3, -0.25) is 9.97 Å². The van der Waals surface area contributed by atoms with Crippen molar-refractivity contribution in [1.82, 2.24) is 9.97 Å². The summed E-state index contributed by atoms with van der Waals surface area (Å²) in [6, 6.07) is 15.6. The first kappa shape index (κ1) is 17.4. The van der Waals surface area contributed by atoms with Crippen molar-refractivity contribution < 1.29 is 20.4 Å². The molecule has 0 aliphatic rings. The van der Waals surface area contributed by atoms with Gasteiger partial charge in [0.15, 0.2) is 0 Å². The van der Waals surface area contributed by atoms with Crippen molar-refractivity contribution in [1.29, 1.82) is 0 Å². The molecule has 0 aliphatic carbocycles. The third-order valence-electron chi connectivity index (χ3n) is 4.36. The number of rotatable bonds is 3. The highest BCUT2D eigenvalue weighted by Crippen LogP contribution is 2.35. The molecule has 0 atom stereocenters. The Bertz CT molecular complexity index is 1080. The molecule has 0 saturated carbocycles. The van der Waals surface area contributed by atoms with Crippen LogP contribution in [-0.2, 0) is 0 Å². The van der Waals surface area contributed by atoms with E-state index in [0.29, 0.717) is 33.6 Å². The van der Waals surface area contributed by atoms with Gasteiger partial charge in [0, 0.05) is 23.5 Å². The van der Waals surface area contributed by atoms with Crippen LogP contribution in [0.1, 0.15) is 0 Å². The number of phenolic OH excluding ortho intramolecular Hbond substituents is 4. The molecule has 4 N–H and O–H groups in total. The van der Waals surface area contributed by atoms with Crippen LogP contribution in [0, 0.1) is 0 Å². The van der Waals surface area contributed by atoms with Crippen molar-refractivity contribution in [3.63, 3.8) is 0 Å². The Morgan fingerprint density at radius 1 is 0.500 bits per heavy atom. The van der Waals surface area contributed by atoms with Crippen LogP contribution in [0.25, 0.3) is 33.6 Å². The summed E-state index contributed by atoms with van der Waals surface area (Å²) in [7, 11) is 0. The number of aromatic hydroxyl groups is 4. The number of benzene rings is 2. The lowest BCUT2D eigenvalue weighted by atomic mass is 10.0. The fourth-order valence-corrected chi connectivity index (χ4v) is 2.99. The Morgan fingerprint density at radius 2 is 0.929 bits per heavy atom. The molecule has 0 aliphatic heterocycles. The lowest BCUT2D eigenvalue weighted by Gasteiger charge is -2.09. The molecule has 4 rings (SSSR count). The largest absolute Gasteiger partial charge is 0.508 e. The van der Waals surface area contributed by atoms with Crippen LogP contribution in [0.2, 0.25) is 0 Å². The quantitative estimate of drug-likeness (QED) is 0.400. The van der Waals surface area contributed by atoms with Gasteiger partial charge in [-0.25, -0.2) is 0 Å². The third-order valence-corrected chi connectivity index (χ3v) is 4.36. The molecule has 2 aromatic carbocycles. The minimum Gasteiger partial charge on any atom is -0.508 e. The van der Waals surface area contributed by atoms with Gasteiger partial charge in [-0.05, 0) is 71.8 Å². The van der Waals surface area contributed by atoms with Gasteiger partial charge < -0.3 is 20.4 Å². The molecule has 0 radical (unpaired) electrons. The number of pyridine rings is 2. The Kier molecular flexibility index (Phi) is 4.29. The van der Waals surface area contributed by atoms with Crippen molar-refractivity contribution in [3.05, 3.63) is 73.1 Å². The van der Waals surface area contributed by atoms with Crippen LogP contribution in [0.5, 0.6) is 23.0 Å². The first-order valence-corrected chi connectivity index (χ1v) is 8.48. The molecular formula is C22H16N2O4. The van der Waals surface area contributed by atoms with Gasteiger partial charge in [0.25, 0.3) is 0 Å². The highest BCUT2D eigenvalue weighted by Gasteiger charge is 2.11. The first-order valence-electron chi connectivity index (χ1n) is 8.48. The standard InChI is InChI=1S/C22H16N2O4/c25-15-1-3-21(27)17(11-15)13-5-7-23-19(9-13)20-10-14(6-8-24-20)18-12-16(26)2-4-22(18)28/h1-12,25-28H. The summed E-state index contributed by atoms with van der Waals surface area (Å²) in [5.41, 5.74) is 3.41. The summed E-state index contributed by atoms with van der Waals surface area (Å²) in [4.78, 5) is 8.69. The van der Waals surface area contributed by atoms with Gasteiger partial charge >= 0.3 is 0 Å². The maximum atomic E-state index is 10.1. The van der Waals surface area contributed by atoms with Crippen molar-refractivity contribution in [2.24, 2.45) is 0 Å². The van der Waals surface area contributed by atoms with E-state index in [4.69, 9.17) is 0 Å². The molecule has 2 heterocycles. The van der Waals surface area contributed by atoms with Crippen molar-refractivity contribution in [2.75, 3.05) is 0 Å². The Hall–Kier alpha value is -4.06. The molecule has 0 fully saturated rings. The number of nitrogens with zero attached hydrogens (tertiary/aromatic N) is 2. The normalized spacial score (nSPS) is 10.7. The summed E-state index contributed by atoms with van der Waals surface area (Å²) in [5.74, 6) is 0.180. The fraction of sp³-hybridized carbons (Fsp3) is 0. The number of hydrogen-bond donors (Lipinski definition) is 4. The molecule has 0 unspecified atom stereocenters. The van der Waals surface area contributed by atoms with E-state index in [2.05, 4.69) is 9.97 Å². The summed E-state index contributed by atoms with van der Waals surface area (Å²) in [5, 5.41) is 39.6. The molecule has 6 nitrogen and oxygen atoms in total. The lowest BCUT2D eigenvalue weighted by molar-refractivity contribution is 0.462. The van der Waals surface area contributed by atoms with Crippen LogP contribution >= 0.6 is 0 Å².